The van der Waals surface area contributed by atoms with Crippen molar-refractivity contribution in [3.05, 3.63) is 29.2 Å². The third-order valence-corrected chi connectivity index (χ3v) is 3.45. The molecule has 0 radical (unpaired) electrons. The molecular formula is C13H16N4O3. The summed E-state index contributed by atoms with van der Waals surface area (Å²) in [6.45, 7) is 4.85. The first-order valence-electron chi connectivity index (χ1n) is 6.66. The summed E-state index contributed by atoms with van der Waals surface area (Å²) in [5.74, 6) is 1.85. The van der Waals surface area contributed by atoms with Gasteiger partial charge in [-0.1, -0.05) is 10.3 Å². The van der Waals surface area contributed by atoms with Crippen molar-refractivity contribution >= 4 is 5.91 Å². The Bertz CT molecular complexity index is 619. The summed E-state index contributed by atoms with van der Waals surface area (Å²) in [7, 11) is 0. The molecule has 0 saturated carbocycles. The zero-order chi connectivity index (χ0) is 14.1. The van der Waals surface area contributed by atoms with Crippen LogP contribution in [0.15, 0.2) is 15.1 Å². The van der Waals surface area contributed by atoms with Gasteiger partial charge in [-0.15, -0.1) is 0 Å². The highest BCUT2D eigenvalue weighted by molar-refractivity contribution is 5.92. The molecule has 3 heterocycles. The number of hydrogen-bond acceptors (Lipinski definition) is 6. The summed E-state index contributed by atoms with van der Waals surface area (Å²) in [5.41, 5.74) is 0.352. The summed E-state index contributed by atoms with van der Waals surface area (Å²) < 4.78 is 10.2. The van der Waals surface area contributed by atoms with Gasteiger partial charge in [-0.3, -0.25) is 4.79 Å². The minimum Gasteiger partial charge on any atom is -0.361 e. The number of rotatable bonds is 2. The van der Waals surface area contributed by atoms with Gasteiger partial charge in [0.15, 0.2) is 11.5 Å². The molecule has 1 aliphatic heterocycles. The van der Waals surface area contributed by atoms with Gasteiger partial charge in [0.25, 0.3) is 5.91 Å². The average molecular weight is 276 g/mol. The van der Waals surface area contributed by atoms with Gasteiger partial charge in [-0.2, -0.15) is 4.98 Å². The highest BCUT2D eigenvalue weighted by Gasteiger charge is 2.29. The maximum atomic E-state index is 12.3. The van der Waals surface area contributed by atoms with Crippen molar-refractivity contribution in [1.82, 2.24) is 20.2 Å². The number of amides is 1. The van der Waals surface area contributed by atoms with Crippen LogP contribution in [0.4, 0.5) is 0 Å². The summed E-state index contributed by atoms with van der Waals surface area (Å²) >= 11 is 0. The normalized spacial score (nSPS) is 19.3. The molecule has 7 heteroatoms. The van der Waals surface area contributed by atoms with Gasteiger partial charge in [0.05, 0.1) is 5.92 Å². The molecule has 0 aromatic carbocycles. The Hall–Kier alpha value is -2.18. The Labute approximate surface area is 115 Å². The molecule has 0 bridgehead atoms. The highest BCUT2D eigenvalue weighted by atomic mass is 16.5. The van der Waals surface area contributed by atoms with Crippen molar-refractivity contribution in [1.29, 1.82) is 0 Å². The lowest BCUT2D eigenvalue weighted by Gasteiger charge is -2.30. The average Bonchev–Trinajstić information content (AvgIpc) is 3.07. The van der Waals surface area contributed by atoms with E-state index in [2.05, 4.69) is 15.3 Å². The van der Waals surface area contributed by atoms with Gasteiger partial charge in [-0.05, 0) is 26.7 Å². The number of hydrogen-bond donors (Lipinski definition) is 0. The predicted molar refractivity (Wildman–Crippen MR) is 68.2 cm³/mol. The second-order valence-corrected chi connectivity index (χ2v) is 5.09. The molecule has 1 unspecified atom stereocenters. The Morgan fingerprint density at radius 3 is 2.85 bits per heavy atom. The van der Waals surface area contributed by atoms with Crippen LogP contribution < -0.4 is 0 Å². The van der Waals surface area contributed by atoms with Gasteiger partial charge in [0.2, 0.25) is 5.89 Å². The van der Waals surface area contributed by atoms with E-state index in [1.807, 2.05) is 0 Å². The number of carbonyl (C=O) groups excluding carboxylic acids is 1. The first-order valence-corrected chi connectivity index (χ1v) is 6.66. The Morgan fingerprint density at radius 2 is 2.20 bits per heavy atom. The molecule has 0 aliphatic carbocycles. The Kier molecular flexibility index (Phi) is 3.25. The number of aromatic nitrogens is 3. The largest absolute Gasteiger partial charge is 0.361 e. The van der Waals surface area contributed by atoms with Crippen LogP contribution in [0.1, 0.15) is 46.7 Å². The zero-order valence-corrected chi connectivity index (χ0v) is 11.5. The van der Waals surface area contributed by atoms with Gasteiger partial charge in [0.1, 0.15) is 5.76 Å². The highest BCUT2D eigenvalue weighted by Crippen LogP contribution is 2.26. The van der Waals surface area contributed by atoms with Gasteiger partial charge < -0.3 is 13.9 Å². The lowest BCUT2D eigenvalue weighted by Crippen LogP contribution is -2.39. The van der Waals surface area contributed by atoms with E-state index in [0.29, 0.717) is 36.3 Å². The first kappa shape index (κ1) is 12.8. The van der Waals surface area contributed by atoms with Crippen molar-refractivity contribution in [2.45, 2.75) is 32.6 Å². The van der Waals surface area contributed by atoms with Crippen molar-refractivity contribution < 1.29 is 13.8 Å². The van der Waals surface area contributed by atoms with Crippen LogP contribution in [0.25, 0.3) is 0 Å². The van der Waals surface area contributed by atoms with E-state index in [1.54, 1.807) is 24.8 Å². The fraction of sp³-hybridized carbons (Fsp3) is 0.538. The van der Waals surface area contributed by atoms with Crippen LogP contribution in [0.3, 0.4) is 0 Å². The van der Waals surface area contributed by atoms with E-state index in [-0.39, 0.29) is 11.8 Å². The maximum Gasteiger partial charge on any atom is 0.276 e. The van der Waals surface area contributed by atoms with Gasteiger partial charge >= 0.3 is 0 Å². The topological polar surface area (TPSA) is 85.3 Å². The second kappa shape index (κ2) is 5.07. The number of nitrogens with zero attached hydrogens (tertiary/aromatic N) is 4. The summed E-state index contributed by atoms with van der Waals surface area (Å²) in [6.07, 6.45) is 1.86. The summed E-state index contributed by atoms with van der Waals surface area (Å²) in [6, 6.07) is 1.66. The molecule has 1 saturated heterocycles. The molecule has 1 amide bonds. The van der Waals surface area contributed by atoms with E-state index in [1.165, 1.54) is 0 Å². The fourth-order valence-electron chi connectivity index (χ4n) is 2.47. The lowest BCUT2D eigenvalue weighted by molar-refractivity contribution is 0.0685. The van der Waals surface area contributed by atoms with Crippen molar-refractivity contribution in [2.24, 2.45) is 0 Å². The van der Waals surface area contributed by atoms with Gasteiger partial charge in [-0.25, -0.2) is 0 Å². The number of likely N-dealkylation sites (tertiary alicyclic amines) is 1. The molecule has 0 N–H and O–H groups in total. The Balaban J connectivity index is 1.73. The molecule has 2 aromatic rings. The predicted octanol–water partition coefficient (Wildman–Crippen LogP) is 1.69. The summed E-state index contributed by atoms with van der Waals surface area (Å²) in [5, 5.41) is 7.58. The minimum absolute atomic E-state index is 0.0990. The first-order chi connectivity index (χ1) is 9.63. The quantitative estimate of drug-likeness (QED) is 0.829. The smallest absolute Gasteiger partial charge is 0.276 e. The van der Waals surface area contributed by atoms with E-state index in [0.717, 1.165) is 12.8 Å². The molecule has 1 atom stereocenters. The number of piperidine rings is 1. The minimum atomic E-state index is -0.109. The third-order valence-electron chi connectivity index (χ3n) is 3.45. The van der Waals surface area contributed by atoms with Crippen molar-refractivity contribution in [2.75, 3.05) is 13.1 Å². The molecule has 0 spiro atoms. The van der Waals surface area contributed by atoms with Crippen molar-refractivity contribution in [3.8, 4) is 0 Å². The molecular weight excluding hydrogens is 260 g/mol. The molecule has 3 rings (SSSR count). The molecule has 1 aliphatic rings. The number of carbonyl (C=O) groups is 1. The molecule has 7 nitrogen and oxygen atoms in total. The fourth-order valence-corrected chi connectivity index (χ4v) is 2.47. The Morgan fingerprint density at radius 1 is 1.35 bits per heavy atom. The molecule has 2 aromatic heterocycles. The molecule has 20 heavy (non-hydrogen) atoms. The SMILES string of the molecule is Cc1noc(C2CCCN(C(=O)c3cc(C)on3)C2)n1. The lowest BCUT2D eigenvalue weighted by atomic mass is 9.97. The second-order valence-electron chi connectivity index (χ2n) is 5.09. The third kappa shape index (κ3) is 2.43. The zero-order valence-electron chi connectivity index (χ0n) is 11.5. The molecule has 1 fully saturated rings. The van der Waals surface area contributed by atoms with Crippen LogP contribution in [-0.2, 0) is 0 Å². The van der Waals surface area contributed by atoms with Crippen LogP contribution in [-0.4, -0.2) is 39.2 Å². The van der Waals surface area contributed by atoms with Crippen LogP contribution in [0, 0.1) is 13.8 Å². The van der Waals surface area contributed by atoms with E-state index in [9.17, 15) is 4.79 Å². The van der Waals surface area contributed by atoms with E-state index < -0.39 is 0 Å². The van der Waals surface area contributed by atoms with Crippen LogP contribution in [0.2, 0.25) is 0 Å². The van der Waals surface area contributed by atoms with Crippen LogP contribution in [0.5, 0.6) is 0 Å². The maximum absolute atomic E-state index is 12.3. The van der Waals surface area contributed by atoms with E-state index >= 15 is 0 Å². The standard InChI is InChI=1S/C13H16N4O3/c1-8-6-11(16-19-8)13(18)17-5-3-4-10(7-17)12-14-9(2)15-20-12/h6,10H,3-5,7H2,1-2H3. The van der Waals surface area contributed by atoms with E-state index in [4.69, 9.17) is 9.05 Å². The van der Waals surface area contributed by atoms with Gasteiger partial charge in [0, 0.05) is 19.2 Å². The number of aryl methyl sites for hydroxylation is 2. The summed E-state index contributed by atoms with van der Waals surface area (Å²) in [4.78, 5) is 18.4. The van der Waals surface area contributed by atoms with Crippen molar-refractivity contribution in [3.63, 3.8) is 0 Å². The monoisotopic (exact) mass is 276 g/mol. The molecule has 106 valence electrons. The van der Waals surface area contributed by atoms with Crippen LogP contribution >= 0.6 is 0 Å².